The van der Waals surface area contributed by atoms with Crippen molar-refractivity contribution in [2.24, 2.45) is 0 Å². The minimum atomic E-state index is 0.164. The predicted molar refractivity (Wildman–Crippen MR) is 71.1 cm³/mol. The average Bonchev–Trinajstić information content (AvgIpc) is 2.82. The van der Waals surface area contributed by atoms with Crippen LogP contribution >= 0.6 is 0 Å². The molecule has 0 bridgehead atoms. The van der Waals surface area contributed by atoms with E-state index in [2.05, 4.69) is 34.0 Å². The van der Waals surface area contributed by atoms with Crippen LogP contribution in [0.15, 0.2) is 18.9 Å². The maximum Gasteiger partial charge on any atom is 0.0964 e. The maximum atomic E-state index is 8.94. The normalized spacial score (nSPS) is 11.1. The van der Waals surface area contributed by atoms with Crippen LogP contribution < -0.4 is 5.32 Å². The summed E-state index contributed by atoms with van der Waals surface area (Å²) in [4.78, 5) is 2.12. The van der Waals surface area contributed by atoms with Gasteiger partial charge in [0.05, 0.1) is 18.8 Å². The molecule has 0 atom stereocenters. The highest BCUT2D eigenvalue weighted by molar-refractivity contribution is 4.91. The predicted octanol–water partition coefficient (Wildman–Crippen LogP) is -0.132. The highest BCUT2D eigenvalue weighted by Gasteiger charge is 2.04. The van der Waals surface area contributed by atoms with E-state index in [1.54, 1.807) is 0 Å². The minimum absolute atomic E-state index is 0.164. The van der Waals surface area contributed by atoms with Crippen LogP contribution in [-0.4, -0.2) is 57.8 Å². The number of hydrogen-bond acceptors (Lipinski definition) is 5. The summed E-state index contributed by atoms with van der Waals surface area (Å²) in [5.74, 6) is 0. The molecule has 1 aromatic heterocycles. The summed E-state index contributed by atoms with van der Waals surface area (Å²) in [6.07, 6.45) is 3.79. The van der Waals surface area contributed by atoms with Crippen molar-refractivity contribution in [3.8, 4) is 0 Å². The zero-order chi connectivity index (χ0) is 13.2. The topological polar surface area (TPSA) is 66.2 Å². The van der Waals surface area contributed by atoms with Crippen LogP contribution in [0.1, 0.15) is 12.6 Å². The highest BCUT2D eigenvalue weighted by Crippen LogP contribution is 1.95. The Labute approximate surface area is 108 Å². The molecule has 0 saturated heterocycles. The van der Waals surface area contributed by atoms with Gasteiger partial charge in [-0.2, -0.15) is 0 Å². The second-order valence-electron chi connectivity index (χ2n) is 4.07. The number of nitrogens with one attached hydrogen (secondary N) is 1. The van der Waals surface area contributed by atoms with Gasteiger partial charge in [0.15, 0.2) is 0 Å². The van der Waals surface area contributed by atoms with E-state index in [4.69, 9.17) is 5.11 Å². The molecule has 0 fully saturated rings. The molecule has 2 N–H and O–H groups in total. The Bertz CT molecular complexity index is 339. The van der Waals surface area contributed by atoms with Gasteiger partial charge in [-0.1, -0.05) is 18.2 Å². The van der Waals surface area contributed by atoms with E-state index in [0.717, 1.165) is 38.4 Å². The number of aliphatic hydroxyl groups is 1. The van der Waals surface area contributed by atoms with Crippen molar-refractivity contribution in [1.29, 1.82) is 0 Å². The van der Waals surface area contributed by atoms with E-state index >= 15 is 0 Å². The van der Waals surface area contributed by atoms with E-state index in [0.29, 0.717) is 6.54 Å². The van der Waals surface area contributed by atoms with E-state index < -0.39 is 0 Å². The molecule has 6 heteroatoms. The zero-order valence-electron chi connectivity index (χ0n) is 11.0. The third-order valence-corrected chi connectivity index (χ3v) is 2.59. The Morgan fingerprint density at radius 2 is 2.39 bits per heavy atom. The lowest BCUT2D eigenvalue weighted by Gasteiger charge is -2.18. The molecule has 0 unspecified atom stereocenters. The third-order valence-electron chi connectivity index (χ3n) is 2.59. The van der Waals surface area contributed by atoms with E-state index in [-0.39, 0.29) is 6.61 Å². The van der Waals surface area contributed by atoms with E-state index in [1.807, 2.05) is 17.0 Å². The number of hydrogen-bond donors (Lipinski definition) is 2. The molecule has 0 radical (unpaired) electrons. The van der Waals surface area contributed by atoms with Gasteiger partial charge in [-0.25, -0.2) is 0 Å². The van der Waals surface area contributed by atoms with Crippen LogP contribution in [0, 0.1) is 0 Å². The highest BCUT2D eigenvalue weighted by atomic mass is 16.3. The van der Waals surface area contributed by atoms with Gasteiger partial charge in [-0.15, -0.1) is 11.7 Å². The molecule has 0 spiro atoms. The molecule has 6 nitrogen and oxygen atoms in total. The van der Waals surface area contributed by atoms with Crippen LogP contribution in [0.2, 0.25) is 0 Å². The lowest BCUT2D eigenvalue weighted by molar-refractivity contribution is 0.202. The van der Waals surface area contributed by atoms with Crippen LogP contribution in [0.5, 0.6) is 0 Å². The van der Waals surface area contributed by atoms with Crippen molar-refractivity contribution in [3.63, 3.8) is 0 Å². The minimum Gasteiger partial charge on any atom is -0.395 e. The lowest BCUT2D eigenvalue weighted by atomic mass is 10.4. The Kier molecular flexibility index (Phi) is 7.24. The molecular weight excluding hydrogens is 230 g/mol. The fourth-order valence-corrected chi connectivity index (χ4v) is 1.64. The van der Waals surface area contributed by atoms with Crippen molar-refractivity contribution < 1.29 is 5.11 Å². The number of aromatic nitrogens is 3. The first-order chi connectivity index (χ1) is 8.80. The van der Waals surface area contributed by atoms with Crippen LogP contribution in [-0.2, 0) is 13.1 Å². The summed E-state index contributed by atoms with van der Waals surface area (Å²) in [7, 11) is 0. The largest absolute Gasteiger partial charge is 0.395 e. The Balaban J connectivity index is 2.36. The molecule has 0 aromatic carbocycles. The van der Waals surface area contributed by atoms with Gasteiger partial charge in [-0.05, 0) is 6.54 Å². The van der Waals surface area contributed by atoms with Crippen LogP contribution in [0.25, 0.3) is 0 Å². The lowest BCUT2D eigenvalue weighted by Crippen LogP contribution is -2.30. The van der Waals surface area contributed by atoms with Gasteiger partial charge < -0.3 is 10.4 Å². The van der Waals surface area contributed by atoms with E-state index in [1.165, 1.54) is 0 Å². The Hall–Kier alpha value is -1.24. The third kappa shape index (κ3) is 5.39. The summed E-state index contributed by atoms with van der Waals surface area (Å²) >= 11 is 0. The average molecular weight is 253 g/mol. The van der Waals surface area contributed by atoms with Crippen LogP contribution in [0.3, 0.4) is 0 Å². The monoisotopic (exact) mass is 253 g/mol. The summed E-state index contributed by atoms with van der Waals surface area (Å²) in [5.41, 5.74) is 0.953. The van der Waals surface area contributed by atoms with Gasteiger partial charge in [0, 0.05) is 32.4 Å². The van der Waals surface area contributed by atoms with Crippen molar-refractivity contribution in [2.45, 2.75) is 20.0 Å². The van der Waals surface area contributed by atoms with Crippen molar-refractivity contribution in [2.75, 3.05) is 32.8 Å². The molecule has 102 valence electrons. The molecule has 18 heavy (non-hydrogen) atoms. The fourth-order valence-electron chi connectivity index (χ4n) is 1.64. The molecule has 0 aliphatic carbocycles. The molecule has 0 amide bonds. The number of rotatable bonds is 10. The van der Waals surface area contributed by atoms with Crippen molar-refractivity contribution in [1.82, 2.24) is 25.2 Å². The smallest absolute Gasteiger partial charge is 0.0964 e. The molecule has 0 aliphatic heterocycles. The van der Waals surface area contributed by atoms with Gasteiger partial charge in [0.2, 0.25) is 0 Å². The maximum absolute atomic E-state index is 8.94. The van der Waals surface area contributed by atoms with Gasteiger partial charge in [-0.3, -0.25) is 9.58 Å². The summed E-state index contributed by atoms with van der Waals surface area (Å²) < 4.78 is 1.83. The number of nitrogens with zero attached hydrogens (tertiary/aromatic N) is 4. The SMILES string of the molecule is C=CCN(CCO)CCn1cc(CNCC)nn1. The first kappa shape index (κ1) is 14.8. The molecule has 1 heterocycles. The molecule has 1 aromatic rings. The summed E-state index contributed by atoms with van der Waals surface area (Å²) in [6.45, 7) is 10.7. The fraction of sp³-hybridized carbons (Fsp3) is 0.667. The zero-order valence-corrected chi connectivity index (χ0v) is 11.0. The second kappa shape index (κ2) is 8.79. The summed E-state index contributed by atoms with van der Waals surface area (Å²) in [6, 6.07) is 0. The van der Waals surface area contributed by atoms with Gasteiger partial charge >= 0.3 is 0 Å². The Morgan fingerprint density at radius 1 is 1.56 bits per heavy atom. The van der Waals surface area contributed by atoms with Crippen LogP contribution in [0.4, 0.5) is 0 Å². The second-order valence-corrected chi connectivity index (χ2v) is 4.07. The standard InChI is InChI=1S/C12H23N5O/c1-3-5-16(8-9-18)6-7-17-11-12(14-15-17)10-13-4-2/h3,11,13,18H,1,4-10H2,2H3. The molecule has 0 saturated carbocycles. The molecular formula is C12H23N5O. The van der Waals surface area contributed by atoms with Gasteiger partial charge in [0.25, 0.3) is 0 Å². The quantitative estimate of drug-likeness (QED) is 0.569. The van der Waals surface area contributed by atoms with Gasteiger partial charge in [0.1, 0.15) is 0 Å². The number of aliphatic hydroxyl groups excluding tert-OH is 1. The first-order valence-electron chi connectivity index (χ1n) is 6.34. The Morgan fingerprint density at radius 3 is 3.06 bits per heavy atom. The van der Waals surface area contributed by atoms with Crippen molar-refractivity contribution in [3.05, 3.63) is 24.5 Å². The van der Waals surface area contributed by atoms with Crippen molar-refractivity contribution >= 4 is 0 Å². The molecule has 1 rings (SSSR count). The van der Waals surface area contributed by atoms with E-state index in [9.17, 15) is 0 Å². The molecule has 0 aliphatic rings. The summed E-state index contributed by atoms with van der Waals surface area (Å²) in [5, 5.41) is 20.3. The first-order valence-corrected chi connectivity index (χ1v) is 6.34.